The van der Waals surface area contributed by atoms with Gasteiger partial charge >= 0.3 is 10.1 Å². The lowest BCUT2D eigenvalue weighted by Gasteiger charge is -2.01. The molecular weight excluding hydrogens is 262 g/mol. The number of hydrogen-bond donors (Lipinski definition) is 1. The second-order valence-corrected chi connectivity index (χ2v) is 4.29. The molecule has 0 aliphatic heterocycles. The molecule has 0 fully saturated rings. The summed E-state index contributed by atoms with van der Waals surface area (Å²) in [7, 11) is -4.53. The van der Waals surface area contributed by atoms with Crippen molar-refractivity contribution in [3.8, 4) is 0 Å². The predicted octanol–water partition coefficient (Wildman–Crippen LogP) is 1.68. The molecule has 13 heavy (non-hydrogen) atoms. The first-order valence-electron chi connectivity index (χ1n) is 2.68. The van der Waals surface area contributed by atoms with E-state index in [2.05, 4.69) is 9.97 Å². The highest BCUT2D eigenvalue weighted by Crippen LogP contribution is 2.26. The molecular formula is C4HCl3N2O3S. The van der Waals surface area contributed by atoms with Crippen molar-refractivity contribution in [3.05, 3.63) is 15.6 Å². The van der Waals surface area contributed by atoms with E-state index >= 15 is 0 Å². The van der Waals surface area contributed by atoms with Crippen LogP contribution in [0, 0.1) is 0 Å². The van der Waals surface area contributed by atoms with Gasteiger partial charge in [-0.25, -0.2) is 9.97 Å². The maximum atomic E-state index is 10.6. The molecule has 9 heteroatoms. The molecule has 1 heterocycles. The molecule has 0 bridgehead atoms. The lowest BCUT2D eigenvalue weighted by molar-refractivity contribution is 0.482. The van der Waals surface area contributed by atoms with Crippen LogP contribution in [0.2, 0.25) is 15.6 Å². The van der Waals surface area contributed by atoms with Crippen molar-refractivity contribution in [2.75, 3.05) is 0 Å². The van der Waals surface area contributed by atoms with Gasteiger partial charge in [0.05, 0.1) is 0 Å². The van der Waals surface area contributed by atoms with E-state index in [9.17, 15) is 8.42 Å². The Morgan fingerprint density at radius 2 is 1.46 bits per heavy atom. The zero-order chi connectivity index (χ0) is 10.2. The molecule has 0 amide bonds. The molecule has 1 aromatic heterocycles. The van der Waals surface area contributed by atoms with Gasteiger partial charge in [0, 0.05) is 0 Å². The van der Waals surface area contributed by atoms with Crippen LogP contribution >= 0.6 is 34.8 Å². The van der Waals surface area contributed by atoms with Crippen molar-refractivity contribution < 1.29 is 13.0 Å². The molecule has 1 rings (SSSR count). The number of halogens is 3. The van der Waals surface area contributed by atoms with Gasteiger partial charge in [-0.1, -0.05) is 23.2 Å². The summed E-state index contributed by atoms with van der Waals surface area (Å²) in [4.78, 5) is 5.84. The summed E-state index contributed by atoms with van der Waals surface area (Å²) in [6.45, 7) is 0. The van der Waals surface area contributed by atoms with Crippen molar-refractivity contribution in [2.45, 2.75) is 4.90 Å². The maximum absolute atomic E-state index is 10.6. The minimum atomic E-state index is -4.53. The molecule has 0 spiro atoms. The number of nitrogens with zero attached hydrogens (tertiary/aromatic N) is 2. The molecule has 0 saturated heterocycles. The molecule has 0 aliphatic rings. The average Bonchev–Trinajstić information content (AvgIpc) is 1.78. The predicted molar refractivity (Wildman–Crippen MR) is 46.9 cm³/mol. The fourth-order valence-corrected chi connectivity index (χ4v) is 2.33. The Hall–Kier alpha value is -0.140. The van der Waals surface area contributed by atoms with Crippen LogP contribution in [0.15, 0.2) is 4.90 Å². The Morgan fingerprint density at radius 3 is 1.77 bits per heavy atom. The topological polar surface area (TPSA) is 80.2 Å². The Balaban J connectivity index is 3.57. The van der Waals surface area contributed by atoms with Gasteiger partial charge in [-0.05, 0) is 11.6 Å². The lowest BCUT2D eigenvalue weighted by atomic mass is 10.7. The fourth-order valence-electron chi connectivity index (χ4n) is 0.587. The lowest BCUT2D eigenvalue weighted by Crippen LogP contribution is -2.03. The van der Waals surface area contributed by atoms with Crippen molar-refractivity contribution in [2.24, 2.45) is 0 Å². The number of rotatable bonds is 1. The van der Waals surface area contributed by atoms with E-state index in [1.807, 2.05) is 0 Å². The summed E-state index contributed by atoms with van der Waals surface area (Å²) < 4.78 is 29.9. The third kappa shape index (κ3) is 2.41. The molecule has 0 aliphatic carbocycles. The van der Waals surface area contributed by atoms with Crippen LogP contribution in [0.25, 0.3) is 0 Å². The standard InChI is InChI=1S/C4HCl3N2O3S/c5-2-1(13(10,11)12)3(6)9-4(7)8-2/h(H,10,11,12). The minimum absolute atomic E-state index is 0.303. The summed E-state index contributed by atoms with van der Waals surface area (Å²) >= 11 is 16.0. The Labute approximate surface area is 88.4 Å². The summed E-state index contributed by atoms with van der Waals surface area (Å²) in [6.07, 6.45) is 0. The Kier molecular flexibility index (Phi) is 2.98. The SMILES string of the molecule is O=S(=O)(O)c1c(Cl)nc(Cl)nc1Cl. The zero-order valence-electron chi connectivity index (χ0n) is 5.70. The van der Waals surface area contributed by atoms with E-state index < -0.39 is 25.3 Å². The normalized spacial score (nSPS) is 11.7. The third-order valence-electron chi connectivity index (χ3n) is 1.01. The number of hydrogen-bond acceptors (Lipinski definition) is 4. The molecule has 0 radical (unpaired) electrons. The largest absolute Gasteiger partial charge is 0.300 e. The van der Waals surface area contributed by atoms with E-state index in [0.717, 1.165) is 0 Å². The van der Waals surface area contributed by atoms with E-state index in [1.54, 1.807) is 0 Å². The Bertz CT molecular complexity index is 423. The fraction of sp³-hybridized carbons (Fsp3) is 0. The first-order valence-corrected chi connectivity index (χ1v) is 5.26. The van der Waals surface area contributed by atoms with Gasteiger partial charge in [0.15, 0.2) is 15.2 Å². The minimum Gasteiger partial charge on any atom is -0.282 e. The monoisotopic (exact) mass is 262 g/mol. The zero-order valence-corrected chi connectivity index (χ0v) is 8.78. The molecule has 0 aromatic carbocycles. The summed E-state index contributed by atoms with van der Waals surface area (Å²) in [5, 5.41) is -1.34. The van der Waals surface area contributed by atoms with Gasteiger partial charge < -0.3 is 0 Å². The molecule has 0 unspecified atom stereocenters. The van der Waals surface area contributed by atoms with E-state index in [0.29, 0.717) is 0 Å². The summed E-state index contributed by atoms with van der Waals surface area (Å²) in [6, 6.07) is 0. The molecule has 1 N–H and O–H groups in total. The van der Waals surface area contributed by atoms with Crippen LogP contribution in [0.3, 0.4) is 0 Å². The second-order valence-electron chi connectivity index (χ2n) is 1.88. The highest BCUT2D eigenvalue weighted by molar-refractivity contribution is 7.86. The van der Waals surface area contributed by atoms with Crippen LogP contribution in [0.1, 0.15) is 0 Å². The van der Waals surface area contributed by atoms with Gasteiger partial charge in [-0.3, -0.25) is 4.55 Å². The first-order chi connectivity index (χ1) is 5.82. The second kappa shape index (κ2) is 3.55. The highest BCUT2D eigenvalue weighted by atomic mass is 35.5. The van der Waals surface area contributed by atoms with Gasteiger partial charge in [0.25, 0.3) is 0 Å². The number of aromatic nitrogens is 2. The van der Waals surface area contributed by atoms with E-state index in [4.69, 9.17) is 39.4 Å². The van der Waals surface area contributed by atoms with E-state index in [-0.39, 0.29) is 5.28 Å². The molecule has 72 valence electrons. The van der Waals surface area contributed by atoms with Gasteiger partial charge in [0.1, 0.15) is 0 Å². The molecule has 1 aromatic rings. The van der Waals surface area contributed by atoms with Crippen LogP contribution in [0.4, 0.5) is 0 Å². The van der Waals surface area contributed by atoms with Gasteiger partial charge in [-0.2, -0.15) is 8.42 Å². The molecule has 0 saturated carbocycles. The van der Waals surface area contributed by atoms with Crippen LogP contribution in [-0.4, -0.2) is 22.9 Å². The van der Waals surface area contributed by atoms with Crippen molar-refractivity contribution in [1.82, 2.24) is 9.97 Å². The van der Waals surface area contributed by atoms with Gasteiger partial charge in [-0.15, -0.1) is 0 Å². The van der Waals surface area contributed by atoms with Crippen molar-refractivity contribution >= 4 is 44.9 Å². The highest BCUT2D eigenvalue weighted by Gasteiger charge is 2.22. The van der Waals surface area contributed by atoms with Crippen LogP contribution in [-0.2, 0) is 10.1 Å². The quantitative estimate of drug-likeness (QED) is 0.474. The molecule has 0 atom stereocenters. The van der Waals surface area contributed by atoms with Crippen LogP contribution in [0.5, 0.6) is 0 Å². The molecule has 5 nitrogen and oxygen atoms in total. The van der Waals surface area contributed by atoms with Gasteiger partial charge in [0.2, 0.25) is 5.28 Å². The van der Waals surface area contributed by atoms with Crippen LogP contribution < -0.4 is 0 Å². The van der Waals surface area contributed by atoms with Crippen molar-refractivity contribution in [1.29, 1.82) is 0 Å². The Morgan fingerprint density at radius 1 is 1.08 bits per heavy atom. The summed E-state index contributed by atoms with van der Waals surface area (Å²) in [5.41, 5.74) is 0. The summed E-state index contributed by atoms with van der Waals surface area (Å²) in [5.74, 6) is 0. The first kappa shape index (κ1) is 10.9. The average molecular weight is 263 g/mol. The van der Waals surface area contributed by atoms with Crippen molar-refractivity contribution in [3.63, 3.8) is 0 Å². The third-order valence-corrected chi connectivity index (χ3v) is 2.86. The van der Waals surface area contributed by atoms with E-state index in [1.165, 1.54) is 0 Å². The smallest absolute Gasteiger partial charge is 0.282 e. The maximum Gasteiger partial charge on any atom is 0.300 e.